The average Bonchev–Trinajstić information content (AvgIpc) is 2.71. The Kier molecular flexibility index (Phi) is 13.1. The molecule has 0 spiro atoms. The largest absolute Gasteiger partial charge is 0.488 e. The number of halogens is 3. The van der Waals surface area contributed by atoms with E-state index in [-0.39, 0.29) is 30.1 Å². The summed E-state index contributed by atoms with van der Waals surface area (Å²) in [6.07, 6.45) is 0.650. The number of methoxy groups -OCH3 is 1. The SMILES string of the molecule is CN=C(NCc1cccc(OCC(F)F)c1)N1CCC(OCCCOC)CC1.I. The number of likely N-dealkylation sites (tertiary alicyclic amines) is 1. The van der Waals surface area contributed by atoms with Crippen LogP contribution in [0.25, 0.3) is 0 Å². The van der Waals surface area contributed by atoms with Gasteiger partial charge in [0.1, 0.15) is 12.4 Å². The molecule has 166 valence electrons. The van der Waals surface area contributed by atoms with E-state index in [2.05, 4.69) is 15.2 Å². The lowest BCUT2D eigenvalue weighted by atomic mass is 10.1. The van der Waals surface area contributed by atoms with Gasteiger partial charge in [0.05, 0.1) is 6.10 Å². The fourth-order valence-electron chi connectivity index (χ4n) is 3.11. The monoisotopic (exact) mass is 527 g/mol. The molecule has 0 unspecified atom stereocenters. The van der Waals surface area contributed by atoms with Crippen LogP contribution in [0.5, 0.6) is 5.75 Å². The Morgan fingerprint density at radius 2 is 2.03 bits per heavy atom. The first-order valence-corrected chi connectivity index (χ1v) is 9.68. The zero-order chi connectivity index (χ0) is 20.2. The van der Waals surface area contributed by atoms with Crippen molar-refractivity contribution >= 4 is 29.9 Å². The van der Waals surface area contributed by atoms with E-state index in [9.17, 15) is 8.78 Å². The second-order valence-electron chi connectivity index (χ2n) is 6.65. The van der Waals surface area contributed by atoms with E-state index in [1.807, 2.05) is 6.07 Å². The minimum Gasteiger partial charge on any atom is -0.488 e. The summed E-state index contributed by atoms with van der Waals surface area (Å²) in [5.41, 5.74) is 0.948. The molecular weight excluding hydrogens is 495 g/mol. The molecule has 2 rings (SSSR count). The molecule has 1 aliphatic rings. The smallest absolute Gasteiger partial charge is 0.272 e. The fraction of sp³-hybridized carbons (Fsp3) is 0.650. The van der Waals surface area contributed by atoms with Gasteiger partial charge in [0.2, 0.25) is 0 Å². The van der Waals surface area contributed by atoms with Crippen LogP contribution >= 0.6 is 24.0 Å². The maximum absolute atomic E-state index is 12.3. The van der Waals surface area contributed by atoms with Crippen LogP contribution in [0.3, 0.4) is 0 Å². The first-order valence-electron chi connectivity index (χ1n) is 9.68. The van der Waals surface area contributed by atoms with Crippen LogP contribution in [0.15, 0.2) is 29.3 Å². The van der Waals surface area contributed by atoms with Crippen molar-refractivity contribution in [1.29, 1.82) is 0 Å². The van der Waals surface area contributed by atoms with E-state index in [0.29, 0.717) is 12.3 Å². The van der Waals surface area contributed by atoms with E-state index in [1.54, 1.807) is 32.4 Å². The Bertz CT molecular complexity index is 600. The highest BCUT2D eigenvalue weighted by molar-refractivity contribution is 14.0. The highest BCUT2D eigenvalue weighted by atomic mass is 127. The minimum atomic E-state index is -2.48. The Hall–Kier alpha value is -1.20. The number of piperidine rings is 1. The molecule has 1 aliphatic heterocycles. The van der Waals surface area contributed by atoms with Crippen LogP contribution in [-0.4, -0.2) is 70.5 Å². The van der Waals surface area contributed by atoms with Gasteiger partial charge in [-0.2, -0.15) is 0 Å². The lowest BCUT2D eigenvalue weighted by Gasteiger charge is -2.34. The third-order valence-electron chi connectivity index (χ3n) is 4.52. The number of guanidine groups is 1. The van der Waals surface area contributed by atoms with Crippen LogP contribution in [0.4, 0.5) is 8.78 Å². The number of benzene rings is 1. The summed E-state index contributed by atoms with van der Waals surface area (Å²) < 4.78 is 40.6. The maximum atomic E-state index is 12.3. The lowest BCUT2D eigenvalue weighted by molar-refractivity contribution is 0.00989. The summed E-state index contributed by atoms with van der Waals surface area (Å²) in [7, 11) is 3.46. The Morgan fingerprint density at radius 3 is 2.69 bits per heavy atom. The fourth-order valence-corrected chi connectivity index (χ4v) is 3.11. The summed E-state index contributed by atoms with van der Waals surface area (Å²) in [4.78, 5) is 6.58. The first-order chi connectivity index (χ1) is 13.6. The van der Waals surface area contributed by atoms with Crippen molar-refractivity contribution in [2.24, 2.45) is 4.99 Å². The minimum absolute atomic E-state index is 0. The molecule has 1 fully saturated rings. The quantitative estimate of drug-likeness (QED) is 0.219. The summed E-state index contributed by atoms with van der Waals surface area (Å²) in [5.74, 6) is 1.28. The molecule has 0 saturated carbocycles. The van der Waals surface area contributed by atoms with E-state index < -0.39 is 13.0 Å². The number of hydrogen-bond donors (Lipinski definition) is 1. The predicted octanol–water partition coefficient (Wildman–Crippen LogP) is 3.54. The van der Waals surface area contributed by atoms with Crippen LogP contribution in [-0.2, 0) is 16.0 Å². The third kappa shape index (κ3) is 9.90. The second kappa shape index (κ2) is 14.7. The van der Waals surface area contributed by atoms with Crippen molar-refractivity contribution in [2.75, 3.05) is 47.1 Å². The normalized spacial score (nSPS) is 15.3. The molecule has 1 N–H and O–H groups in total. The van der Waals surface area contributed by atoms with Gasteiger partial charge in [-0.1, -0.05) is 12.1 Å². The summed E-state index contributed by atoms with van der Waals surface area (Å²) in [6.45, 7) is 3.17. The predicted molar refractivity (Wildman–Crippen MR) is 121 cm³/mol. The molecule has 29 heavy (non-hydrogen) atoms. The topological polar surface area (TPSA) is 55.3 Å². The average molecular weight is 527 g/mol. The Morgan fingerprint density at radius 1 is 1.28 bits per heavy atom. The summed E-state index contributed by atoms with van der Waals surface area (Å²) in [6, 6.07) is 7.17. The van der Waals surface area contributed by atoms with Crippen molar-refractivity contribution in [3.05, 3.63) is 29.8 Å². The van der Waals surface area contributed by atoms with Crippen LogP contribution in [0.1, 0.15) is 24.8 Å². The van der Waals surface area contributed by atoms with Gasteiger partial charge in [-0.05, 0) is 37.0 Å². The number of alkyl halides is 2. The van der Waals surface area contributed by atoms with Gasteiger partial charge in [0, 0.05) is 47.0 Å². The molecule has 0 radical (unpaired) electrons. The molecule has 1 aromatic carbocycles. The number of aliphatic imine (C=N–C) groups is 1. The molecule has 0 atom stereocenters. The zero-order valence-electron chi connectivity index (χ0n) is 17.1. The van der Waals surface area contributed by atoms with Gasteiger partial charge in [-0.3, -0.25) is 4.99 Å². The lowest BCUT2D eigenvalue weighted by Crippen LogP contribution is -2.46. The summed E-state index contributed by atoms with van der Waals surface area (Å²) in [5, 5.41) is 3.34. The van der Waals surface area contributed by atoms with Gasteiger partial charge in [-0.25, -0.2) is 8.78 Å². The highest BCUT2D eigenvalue weighted by Crippen LogP contribution is 2.16. The van der Waals surface area contributed by atoms with Gasteiger partial charge >= 0.3 is 0 Å². The van der Waals surface area contributed by atoms with Gasteiger partial charge in [0.25, 0.3) is 6.43 Å². The van der Waals surface area contributed by atoms with Crippen LogP contribution in [0, 0.1) is 0 Å². The van der Waals surface area contributed by atoms with Gasteiger partial charge < -0.3 is 24.4 Å². The van der Waals surface area contributed by atoms with Crippen molar-refractivity contribution < 1.29 is 23.0 Å². The first kappa shape index (κ1) is 25.8. The molecule has 0 aliphatic carbocycles. The molecule has 0 aromatic heterocycles. The van der Waals surface area contributed by atoms with Crippen molar-refractivity contribution in [1.82, 2.24) is 10.2 Å². The highest BCUT2D eigenvalue weighted by Gasteiger charge is 2.21. The molecule has 1 heterocycles. The van der Waals surface area contributed by atoms with E-state index >= 15 is 0 Å². The van der Waals surface area contributed by atoms with E-state index in [4.69, 9.17) is 14.2 Å². The second-order valence-corrected chi connectivity index (χ2v) is 6.65. The molecule has 1 aromatic rings. The molecule has 0 amide bonds. The van der Waals surface area contributed by atoms with Crippen LogP contribution in [0.2, 0.25) is 0 Å². The molecular formula is C20H32F2IN3O3. The zero-order valence-corrected chi connectivity index (χ0v) is 19.4. The standard InChI is InChI=1S/C20H31F2N3O3.HI/c1-23-20(25-9-7-17(8-10-25)27-12-4-11-26-2)24-14-16-5-3-6-18(13-16)28-15-19(21)22;/h3,5-6,13,17,19H,4,7-12,14-15H2,1-2H3,(H,23,24);1H. The van der Waals surface area contributed by atoms with Crippen molar-refractivity contribution in [3.8, 4) is 5.75 Å². The molecule has 0 bridgehead atoms. The van der Waals surface area contributed by atoms with Crippen molar-refractivity contribution in [2.45, 2.75) is 38.3 Å². The third-order valence-corrected chi connectivity index (χ3v) is 4.52. The number of nitrogens with one attached hydrogen (secondary N) is 1. The number of ether oxygens (including phenoxy) is 3. The van der Waals surface area contributed by atoms with Gasteiger partial charge in [-0.15, -0.1) is 24.0 Å². The Balaban J connectivity index is 0.00000420. The molecule has 6 nitrogen and oxygen atoms in total. The van der Waals surface area contributed by atoms with E-state index in [1.165, 1.54) is 0 Å². The maximum Gasteiger partial charge on any atom is 0.272 e. The number of nitrogens with zero attached hydrogens (tertiary/aromatic N) is 2. The van der Waals surface area contributed by atoms with E-state index in [0.717, 1.165) is 57.1 Å². The summed E-state index contributed by atoms with van der Waals surface area (Å²) >= 11 is 0. The number of hydrogen-bond acceptors (Lipinski definition) is 4. The van der Waals surface area contributed by atoms with Gasteiger partial charge in [0.15, 0.2) is 5.96 Å². The number of rotatable bonds is 10. The molecule has 9 heteroatoms. The molecule has 1 saturated heterocycles. The van der Waals surface area contributed by atoms with Crippen molar-refractivity contribution in [3.63, 3.8) is 0 Å². The van der Waals surface area contributed by atoms with Crippen LogP contribution < -0.4 is 10.1 Å². The Labute approximate surface area is 189 Å².